The maximum atomic E-state index is 11.0. The molecule has 0 aromatic heterocycles. The molecule has 0 amide bonds. The van der Waals surface area contributed by atoms with E-state index in [9.17, 15) is 4.79 Å². The lowest BCUT2D eigenvalue weighted by molar-refractivity contribution is -0.154. The molecule has 0 aromatic carbocycles. The van der Waals surface area contributed by atoms with Crippen LogP contribution in [0, 0.1) is 5.41 Å². The molecule has 3 aliphatic carbocycles. The zero-order chi connectivity index (χ0) is 8.82. The first-order chi connectivity index (χ1) is 5.56. The highest BCUT2D eigenvalue weighted by atomic mass is 32.1. The SMILES string of the molecule is O=C(O)C12CCC(S)(CC1)CC2. The maximum Gasteiger partial charge on any atom is 0.309 e. The molecule has 0 aliphatic heterocycles. The van der Waals surface area contributed by atoms with E-state index in [1.165, 1.54) is 0 Å². The molecule has 3 saturated carbocycles. The van der Waals surface area contributed by atoms with Gasteiger partial charge in [0.15, 0.2) is 0 Å². The first-order valence-corrected chi connectivity index (χ1v) is 4.97. The van der Waals surface area contributed by atoms with Gasteiger partial charge in [0.05, 0.1) is 5.41 Å². The van der Waals surface area contributed by atoms with Gasteiger partial charge < -0.3 is 5.11 Å². The molecule has 0 saturated heterocycles. The molecular weight excluding hydrogens is 172 g/mol. The summed E-state index contributed by atoms with van der Waals surface area (Å²) in [6.45, 7) is 0. The lowest BCUT2D eigenvalue weighted by atomic mass is 9.60. The second kappa shape index (κ2) is 2.41. The minimum atomic E-state index is -0.586. The Morgan fingerprint density at radius 1 is 1.08 bits per heavy atom. The molecule has 3 fully saturated rings. The van der Waals surface area contributed by atoms with E-state index < -0.39 is 5.97 Å². The first-order valence-electron chi connectivity index (χ1n) is 4.52. The number of hydrogen-bond acceptors (Lipinski definition) is 2. The van der Waals surface area contributed by atoms with Crippen molar-refractivity contribution in [3.8, 4) is 0 Å². The monoisotopic (exact) mass is 186 g/mol. The summed E-state index contributed by atoms with van der Waals surface area (Å²) in [4.78, 5) is 11.0. The average molecular weight is 186 g/mol. The summed E-state index contributed by atoms with van der Waals surface area (Å²) in [6.07, 6.45) is 5.48. The number of carbonyl (C=O) groups is 1. The Balaban J connectivity index is 2.20. The van der Waals surface area contributed by atoms with E-state index in [1.807, 2.05) is 0 Å². The number of rotatable bonds is 1. The van der Waals surface area contributed by atoms with Gasteiger partial charge in [-0.25, -0.2) is 0 Å². The maximum absolute atomic E-state index is 11.0. The van der Waals surface area contributed by atoms with Crippen molar-refractivity contribution in [3.63, 3.8) is 0 Å². The fraction of sp³-hybridized carbons (Fsp3) is 0.889. The summed E-state index contributed by atoms with van der Waals surface area (Å²) < 4.78 is 0.178. The fourth-order valence-corrected chi connectivity index (χ4v) is 2.82. The molecule has 0 unspecified atom stereocenters. The van der Waals surface area contributed by atoms with E-state index in [1.54, 1.807) is 0 Å². The smallest absolute Gasteiger partial charge is 0.309 e. The van der Waals surface area contributed by atoms with Crippen LogP contribution in [0.25, 0.3) is 0 Å². The number of fused-ring (bicyclic) bond motifs is 3. The molecule has 0 radical (unpaired) electrons. The van der Waals surface area contributed by atoms with Crippen molar-refractivity contribution in [2.75, 3.05) is 0 Å². The first kappa shape index (κ1) is 8.42. The number of carboxylic acid groups (broad SMARTS) is 1. The van der Waals surface area contributed by atoms with Crippen LogP contribution in [-0.2, 0) is 4.79 Å². The zero-order valence-corrected chi connectivity index (χ0v) is 7.94. The van der Waals surface area contributed by atoms with E-state index in [-0.39, 0.29) is 10.2 Å². The van der Waals surface area contributed by atoms with Crippen molar-refractivity contribution in [3.05, 3.63) is 0 Å². The van der Waals surface area contributed by atoms with Gasteiger partial charge in [0.1, 0.15) is 0 Å². The normalized spacial score (nSPS) is 46.1. The predicted molar refractivity (Wildman–Crippen MR) is 49.5 cm³/mol. The summed E-state index contributed by atoms with van der Waals surface area (Å²) in [5, 5.41) is 9.07. The Hall–Kier alpha value is -0.180. The topological polar surface area (TPSA) is 37.3 Å². The molecule has 2 bridgehead atoms. The molecule has 3 aliphatic rings. The Morgan fingerprint density at radius 2 is 1.50 bits per heavy atom. The van der Waals surface area contributed by atoms with Crippen molar-refractivity contribution in [2.24, 2.45) is 5.41 Å². The highest BCUT2D eigenvalue weighted by Crippen LogP contribution is 2.54. The van der Waals surface area contributed by atoms with Crippen LogP contribution in [0.4, 0.5) is 0 Å². The van der Waals surface area contributed by atoms with Crippen molar-refractivity contribution >= 4 is 18.6 Å². The van der Waals surface area contributed by atoms with Gasteiger partial charge in [-0.15, -0.1) is 0 Å². The fourth-order valence-electron chi connectivity index (χ4n) is 2.49. The van der Waals surface area contributed by atoms with E-state index >= 15 is 0 Å². The third-order valence-electron chi connectivity index (χ3n) is 3.66. The number of aliphatic carboxylic acids is 1. The molecule has 0 spiro atoms. The van der Waals surface area contributed by atoms with Crippen molar-refractivity contribution in [1.29, 1.82) is 0 Å². The van der Waals surface area contributed by atoms with Gasteiger partial charge in [0.2, 0.25) is 0 Å². The molecule has 3 heteroatoms. The third kappa shape index (κ3) is 1.06. The number of carboxylic acids is 1. The Kier molecular flexibility index (Phi) is 1.69. The number of hydrogen-bond donors (Lipinski definition) is 2. The molecule has 0 heterocycles. The minimum absolute atomic E-state index is 0.178. The van der Waals surface area contributed by atoms with E-state index in [4.69, 9.17) is 5.11 Å². The van der Waals surface area contributed by atoms with Crippen LogP contribution in [-0.4, -0.2) is 15.8 Å². The van der Waals surface area contributed by atoms with Crippen LogP contribution in [0.2, 0.25) is 0 Å². The van der Waals surface area contributed by atoms with Gasteiger partial charge in [0, 0.05) is 4.75 Å². The summed E-state index contributed by atoms with van der Waals surface area (Å²) in [5.74, 6) is -0.586. The van der Waals surface area contributed by atoms with E-state index in [0.717, 1.165) is 38.5 Å². The third-order valence-corrected chi connectivity index (χ3v) is 4.33. The van der Waals surface area contributed by atoms with Crippen LogP contribution in [0.3, 0.4) is 0 Å². The summed E-state index contributed by atoms with van der Waals surface area (Å²) in [5.41, 5.74) is -0.371. The summed E-state index contributed by atoms with van der Waals surface area (Å²) in [6, 6.07) is 0. The largest absolute Gasteiger partial charge is 0.481 e. The Morgan fingerprint density at radius 3 is 1.83 bits per heavy atom. The Labute approximate surface area is 77.8 Å². The summed E-state index contributed by atoms with van der Waals surface area (Å²) in [7, 11) is 0. The van der Waals surface area contributed by atoms with E-state index in [0.29, 0.717) is 0 Å². The summed E-state index contributed by atoms with van der Waals surface area (Å²) >= 11 is 4.60. The van der Waals surface area contributed by atoms with Crippen LogP contribution < -0.4 is 0 Å². The number of thiol groups is 1. The van der Waals surface area contributed by atoms with Gasteiger partial charge in [-0.1, -0.05) is 0 Å². The molecule has 1 N–H and O–H groups in total. The molecule has 3 rings (SSSR count). The van der Waals surface area contributed by atoms with Crippen LogP contribution in [0.15, 0.2) is 0 Å². The molecule has 12 heavy (non-hydrogen) atoms. The lowest BCUT2D eigenvalue weighted by Crippen LogP contribution is -2.46. The Bertz CT molecular complexity index is 200. The molecular formula is C9H14O2S. The highest BCUT2D eigenvalue weighted by molar-refractivity contribution is 7.81. The van der Waals surface area contributed by atoms with E-state index in [2.05, 4.69) is 12.6 Å². The van der Waals surface area contributed by atoms with Crippen molar-refractivity contribution < 1.29 is 9.90 Å². The van der Waals surface area contributed by atoms with Gasteiger partial charge in [-0.05, 0) is 38.5 Å². The average Bonchev–Trinajstić information content (AvgIpc) is 2.06. The van der Waals surface area contributed by atoms with Crippen LogP contribution in [0.1, 0.15) is 38.5 Å². The predicted octanol–water partition coefficient (Wildman–Crippen LogP) is 2.09. The second-order valence-corrected chi connectivity index (χ2v) is 5.26. The minimum Gasteiger partial charge on any atom is -0.481 e. The molecule has 0 aromatic rings. The van der Waals surface area contributed by atoms with Gasteiger partial charge >= 0.3 is 5.97 Å². The quantitative estimate of drug-likeness (QED) is 0.615. The molecule has 68 valence electrons. The lowest BCUT2D eigenvalue weighted by Gasteiger charge is -2.48. The standard InChI is InChI=1S/C9H14O2S/c10-7(11)8-1-4-9(12,5-2-8)6-3-8/h12H,1-6H2,(H,10,11). The molecule has 0 atom stereocenters. The van der Waals surface area contributed by atoms with Crippen molar-refractivity contribution in [2.45, 2.75) is 43.3 Å². The van der Waals surface area contributed by atoms with Crippen molar-refractivity contribution in [1.82, 2.24) is 0 Å². The van der Waals surface area contributed by atoms with Crippen LogP contribution in [0.5, 0.6) is 0 Å². The van der Waals surface area contributed by atoms with Gasteiger partial charge in [0.25, 0.3) is 0 Å². The zero-order valence-electron chi connectivity index (χ0n) is 7.05. The highest BCUT2D eigenvalue weighted by Gasteiger charge is 2.51. The van der Waals surface area contributed by atoms with Crippen LogP contribution >= 0.6 is 12.6 Å². The molecule has 2 nitrogen and oxygen atoms in total. The van der Waals surface area contributed by atoms with Gasteiger partial charge in [-0.2, -0.15) is 12.6 Å². The van der Waals surface area contributed by atoms with Gasteiger partial charge in [-0.3, -0.25) is 4.79 Å². The second-order valence-electron chi connectivity index (χ2n) is 4.31.